The molecule has 22 heavy (non-hydrogen) atoms. The van der Waals surface area contributed by atoms with Gasteiger partial charge in [-0.2, -0.15) is 5.10 Å². The van der Waals surface area contributed by atoms with Gasteiger partial charge in [0.25, 0.3) is 0 Å². The summed E-state index contributed by atoms with van der Waals surface area (Å²) in [6.07, 6.45) is 13.0. The predicted octanol–water partition coefficient (Wildman–Crippen LogP) is 3.31. The highest BCUT2D eigenvalue weighted by Crippen LogP contribution is 2.30. The maximum absolute atomic E-state index is 12.7. The lowest BCUT2D eigenvalue weighted by molar-refractivity contribution is 0.463. The summed E-state index contributed by atoms with van der Waals surface area (Å²) in [5.41, 5.74) is 0.619. The molecule has 0 bridgehead atoms. The molecular weight excluding hydrogens is 298 g/mol. The van der Waals surface area contributed by atoms with Crippen molar-refractivity contribution in [2.75, 3.05) is 0 Å². The number of hydrogen-bond acceptors (Lipinski definition) is 3. The highest BCUT2D eigenvalue weighted by Gasteiger charge is 2.27. The van der Waals surface area contributed by atoms with Gasteiger partial charge in [-0.05, 0) is 32.6 Å². The first-order valence-corrected chi connectivity index (χ1v) is 10.1. The quantitative estimate of drug-likeness (QED) is 0.864. The van der Waals surface area contributed by atoms with E-state index in [1.807, 2.05) is 4.68 Å². The topological polar surface area (TPSA) is 64.0 Å². The van der Waals surface area contributed by atoms with E-state index in [-0.39, 0.29) is 6.04 Å². The molecule has 0 amide bonds. The molecule has 5 nitrogen and oxygen atoms in total. The van der Waals surface area contributed by atoms with Crippen LogP contribution >= 0.6 is 0 Å². The van der Waals surface area contributed by atoms with Gasteiger partial charge in [-0.1, -0.05) is 38.5 Å². The lowest BCUT2D eigenvalue weighted by atomic mass is 10.1. The van der Waals surface area contributed by atoms with Crippen molar-refractivity contribution in [3.8, 4) is 0 Å². The van der Waals surface area contributed by atoms with Gasteiger partial charge in [-0.25, -0.2) is 13.1 Å². The number of aryl methyl sites for hydroxylation is 1. The van der Waals surface area contributed by atoms with Gasteiger partial charge < -0.3 is 0 Å². The second-order valence-electron chi connectivity index (χ2n) is 6.81. The number of aromatic nitrogens is 2. The Hall–Kier alpha value is -0.880. The molecule has 2 aliphatic carbocycles. The summed E-state index contributed by atoms with van der Waals surface area (Å²) < 4.78 is 30.2. The summed E-state index contributed by atoms with van der Waals surface area (Å²) >= 11 is 0. The van der Waals surface area contributed by atoms with E-state index in [4.69, 9.17) is 0 Å². The number of hydrogen-bond donors (Lipinski definition) is 1. The van der Waals surface area contributed by atoms with Crippen molar-refractivity contribution in [1.29, 1.82) is 0 Å². The van der Waals surface area contributed by atoms with E-state index < -0.39 is 10.0 Å². The summed E-state index contributed by atoms with van der Waals surface area (Å²) in [5.74, 6) is 0. The first-order valence-electron chi connectivity index (χ1n) is 8.64. The zero-order valence-corrected chi connectivity index (χ0v) is 14.2. The normalized spacial score (nSPS) is 22.0. The summed E-state index contributed by atoms with van der Waals surface area (Å²) in [6, 6.07) is 0.460. The lowest BCUT2D eigenvalue weighted by Gasteiger charge is -2.15. The first-order chi connectivity index (χ1) is 10.6. The van der Waals surface area contributed by atoms with Crippen molar-refractivity contribution < 1.29 is 8.42 Å². The molecule has 2 fully saturated rings. The van der Waals surface area contributed by atoms with Crippen LogP contribution in [0.4, 0.5) is 0 Å². The van der Waals surface area contributed by atoms with Crippen LogP contribution in [0.25, 0.3) is 0 Å². The summed E-state index contributed by atoms with van der Waals surface area (Å²) in [5, 5.41) is 4.47. The largest absolute Gasteiger partial charge is 0.268 e. The molecule has 0 saturated heterocycles. The Morgan fingerprint density at radius 3 is 2.27 bits per heavy atom. The van der Waals surface area contributed by atoms with E-state index in [1.165, 1.54) is 25.7 Å². The van der Waals surface area contributed by atoms with E-state index in [1.54, 1.807) is 13.1 Å². The smallest absolute Gasteiger partial charge is 0.244 e. The van der Waals surface area contributed by atoms with Gasteiger partial charge in [-0.15, -0.1) is 0 Å². The van der Waals surface area contributed by atoms with Crippen molar-refractivity contribution in [1.82, 2.24) is 14.5 Å². The molecule has 0 atom stereocenters. The molecule has 1 aromatic rings. The van der Waals surface area contributed by atoms with Crippen LogP contribution in [0.2, 0.25) is 0 Å². The standard InChI is InChI=1S/C16H27N3O2S/c1-13-16(12-19(17-13)15-10-6-7-11-15)22(20,21)18-14-8-4-2-3-5-9-14/h12,14-15,18H,2-11H2,1H3. The SMILES string of the molecule is Cc1nn(C2CCCC2)cc1S(=O)(=O)NC1CCCCCC1. The first kappa shape index (κ1) is 16.0. The van der Waals surface area contributed by atoms with Gasteiger partial charge in [0.1, 0.15) is 4.90 Å². The molecule has 1 N–H and O–H groups in total. The van der Waals surface area contributed by atoms with Crippen LogP contribution in [-0.4, -0.2) is 24.2 Å². The van der Waals surface area contributed by atoms with Gasteiger partial charge in [0, 0.05) is 12.2 Å². The minimum atomic E-state index is -3.45. The van der Waals surface area contributed by atoms with Gasteiger partial charge in [0.2, 0.25) is 10.0 Å². The fourth-order valence-corrected chi connectivity index (χ4v) is 5.24. The van der Waals surface area contributed by atoms with Gasteiger partial charge >= 0.3 is 0 Å². The van der Waals surface area contributed by atoms with Crippen LogP contribution in [0.3, 0.4) is 0 Å². The molecule has 2 saturated carbocycles. The van der Waals surface area contributed by atoms with E-state index in [0.717, 1.165) is 38.5 Å². The van der Waals surface area contributed by atoms with E-state index in [2.05, 4.69) is 9.82 Å². The van der Waals surface area contributed by atoms with Crippen molar-refractivity contribution in [3.63, 3.8) is 0 Å². The molecule has 6 heteroatoms. The van der Waals surface area contributed by atoms with Crippen molar-refractivity contribution in [3.05, 3.63) is 11.9 Å². The molecule has 0 spiro atoms. The minimum Gasteiger partial charge on any atom is -0.268 e. The molecule has 1 heterocycles. The Labute approximate surface area is 133 Å². The highest BCUT2D eigenvalue weighted by molar-refractivity contribution is 7.89. The van der Waals surface area contributed by atoms with Crippen LogP contribution in [-0.2, 0) is 10.0 Å². The Morgan fingerprint density at radius 1 is 1.05 bits per heavy atom. The third-order valence-corrected chi connectivity index (χ3v) is 6.66. The molecule has 1 aromatic heterocycles. The number of rotatable bonds is 4. The van der Waals surface area contributed by atoms with Crippen LogP contribution in [0.1, 0.15) is 75.9 Å². The molecular formula is C16H27N3O2S. The average molecular weight is 325 g/mol. The molecule has 124 valence electrons. The summed E-state index contributed by atoms with van der Waals surface area (Å²) in [7, 11) is -3.45. The molecule has 0 radical (unpaired) electrons. The molecule has 0 aromatic carbocycles. The monoisotopic (exact) mass is 325 g/mol. The fourth-order valence-electron chi connectivity index (χ4n) is 3.76. The molecule has 0 aliphatic heterocycles. The Kier molecular flexibility index (Phi) is 4.88. The lowest BCUT2D eigenvalue weighted by Crippen LogP contribution is -2.34. The van der Waals surface area contributed by atoms with E-state index in [9.17, 15) is 8.42 Å². The van der Waals surface area contributed by atoms with Crippen molar-refractivity contribution >= 4 is 10.0 Å². The van der Waals surface area contributed by atoms with Crippen LogP contribution in [0, 0.1) is 6.92 Å². The van der Waals surface area contributed by atoms with E-state index >= 15 is 0 Å². The molecule has 2 aliphatic rings. The Morgan fingerprint density at radius 2 is 1.64 bits per heavy atom. The zero-order valence-electron chi connectivity index (χ0n) is 13.4. The third kappa shape index (κ3) is 3.54. The number of nitrogens with one attached hydrogen (secondary N) is 1. The maximum atomic E-state index is 12.7. The Balaban J connectivity index is 1.76. The van der Waals surface area contributed by atoms with Gasteiger partial charge in [0.15, 0.2) is 0 Å². The molecule has 0 unspecified atom stereocenters. The second-order valence-corrected chi connectivity index (χ2v) is 8.49. The average Bonchev–Trinajstić information content (AvgIpc) is 3.05. The highest BCUT2D eigenvalue weighted by atomic mass is 32.2. The number of sulfonamides is 1. The van der Waals surface area contributed by atoms with Crippen molar-refractivity contribution in [2.45, 2.75) is 88.1 Å². The summed E-state index contributed by atoms with van der Waals surface area (Å²) in [4.78, 5) is 0.364. The van der Waals surface area contributed by atoms with Crippen LogP contribution in [0.5, 0.6) is 0 Å². The molecule has 3 rings (SSSR count). The van der Waals surface area contributed by atoms with Gasteiger partial charge in [-0.3, -0.25) is 4.68 Å². The number of nitrogens with zero attached hydrogens (tertiary/aromatic N) is 2. The minimum absolute atomic E-state index is 0.0849. The Bertz CT molecular complexity index is 595. The van der Waals surface area contributed by atoms with Crippen LogP contribution < -0.4 is 4.72 Å². The predicted molar refractivity (Wildman–Crippen MR) is 86.3 cm³/mol. The second kappa shape index (κ2) is 6.71. The van der Waals surface area contributed by atoms with E-state index in [0.29, 0.717) is 16.6 Å². The maximum Gasteiger partial charge on any atom is 0.244 e. The van der Waals surface area contributed by atoms with Crippen LogP contribution in [0.15, 0.2) is 11.1 Å². The van der Waals surface area contributed by atoms with Gasteiger partial charge in [0.05, 0.1) is 11.7 Å². The third-order valence-electron chi connectivity index (χ3n) is 5.04. The zero-order chi connectivity index (χ0) is 15.6. The van der Waals surface area contributed by atoms with Crippen molar-refractivity contribution in [2.24, 2.45) is 0 Å². The summed E-state index contributed by atoms with van der Waals surface area (Å²) in [6.45, 7) is 1.80. The fraction of sp³-hybridized carbons (Fsp3) is 0.812.